The predicted molar refractivity (Wildman–Crippen MR) is 113 cm³/mol. The maximum atomic E-state index is 6.32. The Kier molecular flexibility index (Phi) is 5.51. The van der Waals surface area contributed by atoms with Gasteiger partial charge in [0.1, 0.15) is 12.5 Å². The van der Waals surface area contributed by atoms with Crippen molar-refractivity contribution in [2.24, 2.45) is 5.73 Å². The van der Waals surface area contributed by atoms with Crippen LogP contribution in [0.1, 0.15) is 0 Å². The Labute approximate surface area is 178 Å². The van der Waals surface area contributed by atoms with Crippen LogP contribution in [0.5, 0.6) is 5.75 Å². The minimum Gasteiger partial charge on any atom is -0.477 e. The van der Waals surface area contributed by atoms with Crippen molar-refractivity contribution in [1.29, 1.82) is 0 Å². The number of halogens is 2. The van der Waals surface area contributed by atoms with E-state index in [-0.39, 0.29) is 12.7 Å². The smallest absolute Gasteiger partial charge is 0.224 e. The first-order valence-electron chi connectivity index (χ1n) is 7.91. The average molecular weight is 451 g/mol. The van der Waals surface area contributed by atoms with Crippen LogP contribution < -0.4 is 16.2 Å². The second-order valence-corrected chi connectivity index (χ2v) is 8.48. The molecule has 7 nitrogen and oxygen atoms in total. The zero-order valence-electron chi connectivity index (χ0n) is 14.1. The van der Waals surface area contributed by atoms with Crippen molar-refractivity contribution in [1.82, 2.24) is 19.9 Å². The van der Waals surface area contributed by atoms with Gasteiger partial charge in [0.15, 0.2) is 15.3 Å². The van der Waals surface area contributed by atoms with Gasteiger partial charge < -0.3 is 10.5 Å². The van der Waals surface area contributed by atoms with Crippen LogP contribution in [0.3, 0.4) is 0 Å². The maximum absolute atomic E-state index is 6.32. The molecule has 0 saturated heterocycles. The van der Waals surface area contributed by atoms with E-state index in [1.54, 1.807) is 23.5 Å². The van der Waals surface area contributed by atoms with Gasteiger partial charge in [0, 0.05) is 5.56 Å². The fourth-order valence-corrected chi connectivity index (χ4v) is 4.86. The number of thiazole rings is 1. The number of fused-ring (bicyclic) bond motifs is 1. The first-order chi connectivity index (χ1) is 13.5. The molecule has 11 heteroatoms. The van der Waals surface area contributed by atoms with Gasteiger partial charge in [-0.3, -0.25) is 5.73 Å². The van der Waals surface area contributed by atoms with Crippen LogP contribution in [0.4, 0.5) is 5.95 Å². The highest BCUT2D eigenvalue weighted by atomic mass is 35.5. The first-order valence-corrected chi connectivity index (χ1v) is 10.3. The molecule has 0 unspecified atom stereocenters. The predicted octanol–water partition coefficient (Wildman–Crippen LogP) is 4.48. The molecule has 0 spiro atoms. The summed E-state index contributed by atoms with van der Waals surface area (Å²) < 4.78 is 7.19. The minimum absolute atomic E-state index is 0.0289. The zero-order chi connectivity index (χ0) is 19.7. The summed E-state index contributed by atoms with van der Waals surface area (Å²) in [7, 11) is 0. The summed E-state index contributed by atoms with van der Waals surface area (Å²) in [6.07, 6.45) is 0. The number of nitrogens with zero attached hydrogens (tertiary/aromatic N) is 4. The highest BCUT2D eigenvalue weighted by Crippen LogP contribution is 2.37. The molecule has 28 heavy (non-hydrogen) atoms. The third-order valence-electron chi connectivity index (χ3n) is 3.59. The Balaban J connectivity index is 1.72. The second kappa shape index (κ2) is 8.06. The van der Waals surface area contributed by atoms with E-state index in [1.165, 1.54) is 11.8 Å². The fourth-order valence-electron chi connectivity index (χ4n) is 2.41. The standard InChI is InChI=1S/C17H12Cl2N6OS2/c18-9-6-10(19)12(26-7-20)5-8(9)14-23-15(21)25-16(24-14)28-17-22-11-3-1-2-4-13(11)27-17/h1-6H,7,20H2,(H2,21,23,24,25). The highest BCUT2D eigenvalue weighted by molar-refractivity contribution is 8.01. The van der Waals surface area contributed by atoms with Crippen LogP contribution in [-0.2, 0) is 0 Å². The normalized spacial score (nSPS) is 11.1. The Morgan fingerprint density at radius 2 is 1.86 bits per heavy atom. The van der Waals surface area contributed by atoms with Gasteiger partial charge in [-0.05, 0) is 36.0 Å². The number of ether oxygens (including phenoxy) is 1. The summed E-state index contributed by atoms with van der Waals surface area (Å²) in [4.78, 5) is 17.4. The Morgan fingerprint density at radius 1 is 1.04 bits per heavy atom. The van der Waals surface area contributed by atoms with Gasteiger partial charge in [0.25, 0.3) is 0 Å². The van der Waals surface area contributed by atoms with E-state index in [2.05, 4.69) is 19.9 Å². The van der Waals surface area contributed by atoms with E-state index in [0.717, 1.165) is 14.6 Å². The van der Waals surface area contributed by atoms with Crippen molar-refractivity contribution in [3.8, 4) is 17.1 Å². The molecule has 142 valence electrons. The largest absolute Gasteiger partial charge is 0.477 e. The molecule has 0 bridgehead atoms. The Hall–Kier alpha value is -2.17. The SMILES string of the molecule is NCOc1cc(-c2nc(N)nc(Sc3nc4ccccc4s3)n2)c(Cl)cc1Cl. The summed E-state index contributed by atoms with van der Waals surface area (Å²) in [5, 5.41) is 1.11. The molecule has 0 aliphatic heterocycles. The third kappa shape index (κ3) is 3.98. The van der Waals surface area contributed by atoms with Gasteiger partial charge in [0.2, 0.25) is 5.95 Å². The number of aromatic nitrogens is 4. The van der Waals surface area contributed by atoms with E-state index in [4.69, 9.17) is 39.4 Å². The molecule has 2 heterocycles. The van der Waals surface area contributed by atoms with Gasteiger partial charge in [-0.25, -0.2) is 9.97 Å². The molecule has 2 aromatic carbocycles. The number of para-hydroxylation sites is 1. The number of hydrogen-bond acceptors (Lipinski definition) is 9. The van der Waals surface area contributed by atoms with E-state index < -0.39 is 0 Å². The summed E-state index contributed by atoms with van der Waals surface area (Å²) in [6.45, 7) is -0.0289. The number of benzene rings is 2. The van der Waals surface area contributed by atoms with Crippen molar-refractivity contribution in [3.63, 3.8) is 0 Å². The lowest BCUT2D eigenvalue weighted by molar-refractivity contribution is 0.330. The van der Waals surface area contributed by atoms with Gasteiger partial charge in [-0.1, -0.05) is 35.3 Å². The molecule has 2 aromatic heterocycles. The lowest BCUT2D eigenvalue weighted by Gasteiger charge is -2.10. The van der Waals surface area contributed by atoms with Crippen molar-refractivity contribution < 1.29 is 4.74 Å². The fraction of sp³-hybridized carbons (Fsp3) is 0.0588. The van der Waals surface area contributed by atoms with E-state index in [9.17, 15) is 0 Å². The molecule has 4 rings (SSSR count). The Bertz CT molecular complexity index is 1140. The number of nitrogen functional groups attached to an aromatic ring is 1. The Morgan fingerprint density at radius 3 is 2.64 bits per heavy atom. The molecule has 4 aromatic rings. The van der Waals surface area contributed by atoms with E-state index in [0.29, 0.717) is 32.3 Å². The quantitative estimate of drug-likeness (QED) is 0.427. The van der Waals surface area contributed by atoms with Gasteiger partial charge in [-0.2, -0.15) is 9.97 Å². The van der Waals surface area contributed by atoms with Gasteiger partial charge in [0.05, 0.1) is 20.3 Å². The van der Waals surface area contributed by atoms with Gasteiger partial charge in [-0.15, -0.1) is 11.3 Å². The van der Waals surface area contributed by atoms with Crippen molar-refractivity contribution in [3.05, 3.63) is 46.4 Å². The molecule has 0 saturated carbocycles. The van der Waals surface area contributed by atoms with E-state index in [1.807, 2.05) is 24.3 Å². The monoisotopic (exact) mass is 450 g/mol. The number of hydrogen-bond donors (Lipinski definition) is 2. The summed E-state index contributed by atoms with van der Waals surface area (Å²) in [5.41, 5.74) is 12.8. The lowest BCUT2D eigenvalue weighted by Crippen LogP contribution is -2.08. The second-order valence-electron chi connectivity index (χ2n) is 5.42. The third-order valence-corrected chi connectivity index (χ3v) is 6.16. The molecular formula is C17H12Cl2N6OS2. The van der Waals surface area contributed by atoms with Crippen LogP contribution in [-0.4, -0.2) is 26.7 Å². The topological polar surface area (TPSA) is 113 Å². The van der Waals surface area contributed by atoms with Crippen LogP contribution in [0, 0.1) is 0 Å². The highest BCUT2D eigenvalue weighted by Gasteiger charge is 2.16. The number of rotatable bonds is 5. The molecule has 0 atom stereocenters. The minimum atomic E-state index is -0.0289. The molecule has 0 radical (unpaired) electrons. The molecule has 4 N–H and O–H groups in total. The molecule has 0 aliphatic carbocycles. The maximum Gasteiger partial charge on any atom is 0.224 e. The number of anilines is 1. The van der Waals surface area contributed by atoms with Crippen molar-refractivity contribution in [2.45, 2.75) is 9.50 Å². The lowest BCUT2D eigenvalue weighted by atomic mass is 10.2. The molecule has 0 fully saturated rings. The summed E-state index contributed by atoms with van der Waals surface area (Å²) >= 11 is 15.3. The summed E-state index contributed by atoms with van der Waals surface area (Å²) in [5.74, 6) is 0.753. The van der Waals surface area contributed by atoms with Gasteiger partial charge >= 0.3 is 0 Å². The van der Waals surface area contributed by atoms with Crippen molar-refractivity contribution in [2.75, 3.05) is 12.5 Å². The van der Waals surface area contributed by atoms with Crippen molar-refractivity contribution >= 4 is 62.5 Å². The average Bonchev–Trinajstić information content (AvgIpc) is 3.05. The summed E-state index contributed by atoms with van der Waals surface area (Å²) in [6, 6.07) is 11.0. The molecular weight excluding hydrogens is 439 g/mol. The van der Waals surface area contributed by atoms with E-state index >= 15 is 0 Å². The molecule has 0 aliphatic rings. The van der Waals surface area contributed by atoms with Crippen LogP contribution in [0.25, 0.3) is 21.6 Å². The van der Waals surface area contributed by atoms with Crippen LogP contribution in [0.15, 0.2) is 45.9 Å². The van der Waals surface area contributed by atoms with Crippen LogP contribution in [0.2, 0.25) is 10.0 Å². The first kappa shape index (κ1) is 19.2. The zero-order valence-corrected chi connectivity index (χ0v) is 17.2. The van der Waals surface area contributed by atoms with Crippen LogP contribution >= 0.6 is 46.3 Å². The molecule has 0 amide bonds. The number of nitrogens with two attached hydrogens (primary N) is 2.